The largest absolute Gasteiger partial charge is 0.539 e. The first kappa shape index (κ1) is 36.6. The molecule has 0 radical (unpaired) electrons. The van der Waals surface area contributed by atoms with E-state index in [1.807, 2.05) is 37.3 Å². The molecule has 1 N–H and O–H groups in total. The molecular weight excluding hydrogens is 577 g/mol. The van der Waals surface area contributed by atoms with Crippen LogP contribution in [0.4, 0.5) is 0 Å². The number of aliphatic hydroxyl groups is 1. The Balaban J connectivity index is 2.91. The summed E-state index contributed by atoms with van der Waals surface area (Å²) < 4.78 is 36.9. The molecule has 0 saturated heterocycles. The Hall–Kier alpha value is -2.63. The Kier molecular flexibility index (Phi) is 11.2. The zero-order chi connectivity index (χ0) is 33.2. The third kappa shape index (κ3) is 7.37. The number of allylic oxidation sites excluding steroid dienone is 1. The zero-order valence-corrected chi connectivity index (χ0v) is 31.3. The second-order valence-corrected chi connectivity index (χ2v) is 23.8. The summed E-state index contributed by atoms with van der Waals surface area (Å²) in [5.41, 5.74) is -0.346. The van der Waals surface area contributed by atoms with E-state index in [-0.39, 0.29) is 16.0 Å². The van der Waals surface area contributed by atoms with Gasteiger partial charge in [-0.2, -0.15) is 0 Å². The highest BCUT2D eigenvalue weighted by molar-refractivity contribution is 6.75. The van der Waals surface area contributed by atoms with E-state index in [0.717, 1.165) is 0 Å². The van der Waals surface area contributed by atoms with Crippen molar-refractivity contribution in [3.05, 3.63) is 48.0 Å². The van der Waals surface area contributed by atoms with Gasteiger partial charge in [0.25, 0.3) is 16.6 Å². The number of rotatable bonds is 13. The molecule has 2 rings (SSSR count). The average molecular weight is 633 g/mol. The summed E-state index contributed by atoms with van der Waals surface area (Å²) in [5.74, 6) is 2.72. The Morgan fingerprint density at radius 1 is 0.674 bits per heavy atom. The van der Waals surface area contributed by atoms with Gasteiger partial charge in [0, 0.05) is 0 Å². The Bertz CT molecular complexity index is 1130. The minimum Gasteiger partial charge on any atom is -0.539 e. The highest BCUT2D eigenvalue weighted by Gasteiger charge is 2.44. The molecule has 0 fully saturated rings. The van der Waals surface area contributed by atoms with Gasteiger partial charge in [0.2, 0.25) is 0 Å². The van der Waals surface area contributed by atoms with Crippen LogP contribution >= 0.6 is 0 Å². The van der Waals surface area contributed by atoms with Crippen molar-refractivity contribution in [2.75, 3.05) is 28.4 Å². The van der Waals surface area contributed by atoms with Gasteiger partial charge in [-0.25, -0.2) is 0 Å². The van der Waals surface area contributed by atoms with Crippen LogP contribution in [-0.4, -0.2) is 50.2 Å². The molecular formula is C34H56O7Si2. The number of hydrogen-bond donors (Lipinski definition) is 1. The van der Waals surface area contributed by atoms with E-state index >= 15 is 0 Å². The predicted octanol–water partition coefficient (Wildman–Crippen LogP) is 8.94. The molecule has 2 aromatic rings. The SMILES string of the molecule is C=CC[C@@H](C)C(O)(c1cc(OC)c(O[Si](C)(C)C(C)(C)C)c(OC)c1)c1cc(OC)c(O[Si](C)(C)C(C)(C)C)c(OC)c1. The van der Waals surface area contributed by atoms with Crippen molar-refractivity contribution in [1.29, 1.82) is 0 Å². The molecule has 0 spiro atoms. The molecule has 1 atom stereocenters. The molecule has 9 heteroatoms. The van der Waals surface area contributed by atoms with Crippen molar-refractivity contribution in [1.82, 2.24) is 0 Å². The molecule has 0 aliphatic heterocycles. The first-order valence-electron chi connectivity index (χ1n) is 14.9. The first-order chi connectivity index (χ1) is 19.6. The van der Waals surface area contributed by atoms with Crippen LogP contribution in [0.15, 0.2) is 36.9 Å². The fourth-order valence-corrected chi connectivity index (χ4v) is 6.41. The van der Waals surface area contributed by atoms with E-state index in [1.54, 1.807) is 28.4 Å². The van der Waals surface area contributed by atoms with Crippen LogP contribution in [0.1, 0.15) is 66.0 Å². The zero-order valence-electron chi connectivity index (χ0n) is 29.3. The third-order valence-electron chi connectivity index (χ3n) is 9.36. The van der Waals surface area contributed by atoms with Crippen LogP contribution in [0.2, 0.25) is 36.3 Å². The lowest BCUT2D eigenvalue weighted by Crippen LogP contribution is -2.44. The lowest BCUT2D eigenvalue weighted by atomic mass is 9.75. The van der Waals surface area contributed by atoms with Gasteiger partial charge >= 0.3 is 0 Å². The van der Waals surface area contributed by atoms with Crippen molar-refractivity contribution in [3.8, 4) is 34.5 Å². The molecule has 0 heterocycles. The standard InChI is InChI=1S/C34H56O7Si2/c1-17-18-23(2)34(35,24-19-26(36-9)30(27(20-24)37-10)40-42(13,14)32(3,4)5)25-21-28(38-11)31(29(22-25)39-12)41-43(15,16)33(6,7)8/h17,19-23,35H,1,18H2,2-16H3/t23-/m1/s1. The molecule has 0 unspecified atom stereocenters. The van der Waals surface area contributed by atoms with Gasteiger partial charge in [-0.3, -0.25) is 0 Å². The lowest BCUT2D eigenvalue weighted by molar-refractivity contribution is 0.0243. The summed E-state index contributed by atoms with van der Waals surface area (Å²) in [6.07, 6.45) is 2.35. The third-order valence-corrected chi connectivity index (χ3v) is 18.0. The van der Waals surface area contributed by atoms with E-state index in [2.05, 4.69) is 74.3 Å². The molecule has 0 amide bonds. The maximum atomic E-state index is 12.8. The minimum absolute atomic E-state index is 0.0394. The summed E-state index contributed by atoms with van der Waals surface area (Å²) in [4.78, 5) is 0. The van der Waals surface area contributed by atoms with Crippen LogP contribution in [-0.2, 0) is 5.60 Å². The summed E-state index contributed by atoms with van der Waals surface area (Å²) in [6.45, 7) is 27.7. The Labute approximate surface area is 262 Å². The first-order valence-corrected chi connectivity index (χ1v) is 20.7. The van der Waals surface area contributed by atoms with Gasteiger partial charge in [0.15, 0.2) is 34.5 Å². The second-order valence-electron chi connectivity index (χ2n) is 14.3. The van der Waals surface area contributed by atoms with Crippen molar-refractivity contribution in [3.63, 3.8) is 0 Å². The smallest absolute Gasteiger partial charge is 0.250 e. The number of methoxy groups -OCH3 is 4. The van der Waals surface area contributed by atoms with Crippen molar-refractivity contribution < 1.29 is 32.9 Å². The summed E-state index contributed by atoms with van der Waals surface area (Å²) in [7, 11) is 1.90. The molecule has 0 aromatic heterocycles. The van der Waals surface area contributed by atoms with Crippen molar-refractivity contribution >= 4 is 16.6 Å². The van der Waals surface area contributed by atoms with E-state index in [9.17, 15) is 5.11 Å². The predicted molar refractivity (Wildman–Crippen MR) is 182 cm³/mol. The molecule has 242 valence electrons. The molecule has 43 heavy (non-hydrogen) atoms. The maximum Gasteiger partial charge on any atom is 0.250 e. The van der Waals surface area contributed by atoms with Gasteiger partial charge in [-0.15, -0.1) is 6.58 Å². The van der Waals surface area contributed by atoms with E-state index in [0.29, 0.717) is 52.0 Å². The topological polar surface area (TPSA) is 75.6 Å². The van der Waals surface area contributed by atoms with Crippen molar-refractivity contribution in [2.24, 2.45) is 5.92 Å². The number of benzene rings is 2. The van der Waals surface area contributed by atoms with Crippen LogP contribution in [0.5, 0.6) is 34.5 Å². The molecule has 2 aromatic carbocycles. The molecule has 0 bridgehead atoms. The van der Waals surface area contributed by atoms with Gasteiger partial charge in [0.1, 0.15) is 5.60 Å². The van der Waals surface area contributed by atoms with Gasteiger partial charge < -0.3 is 32.9 Å². The molecule has 7 nitrogen and oxygen atoms in total. The lowest BCUT2D eigenvalue weighted by Gasteiger charge is -2.39. The van der Waals surface area contributed by atoms with Crippen LogP contribution in [0.25, 0.3) is 0 Å². The van der Waals surface area contributed by atoms with E-state index < -0.39 is 22.2 Å². The molecule has 0 saturated carbocycles. The van der Waals surface area contributed by atoms with Crippen molar-refractivity contribution in [2.45, 2.75) is 96.8 Å². The fourth-order valence-electron chi connectivity index (χ4n) is 4.37. The maximum absolute atomic E-state index is 12.8. The average Bonchev–Trinajstić information content (AvgIpc) is 2.91. The minimum atomic E-state index is -2.25. The van der Waals surface area contributed by atoms with E-state index in [4.69, 9.17) is 27.8 Å². The summed E-state index contributed by atoms with van der Waals surface area (Å²) in [6, 6.07) is 7.35. The summed E-state index contributed by atoms with van der Waals surface area (Å²) >= 11 is 0. The van der Waals surface area contributed by atoms with Crippen LogP contribution < -0.4 is 27.8 Å². The summed E-state index contributed by atoms with van der Waals surface area (Å²) in [5, 5.41) is 12.7. The fraction of sp³-hybridized carbons (Fsp3) is 0.588. The van der Waals surface area contributed by atoms with Gasteiger partial charge in [-0.05, 0) is 84.0 Å². The Morgan fingerprint density at radius 2 is 0.953 bits per heavy atom. The van der Waals surface area contributed by atoms with Gasteiger partial charge in [0.05, 0.1) is 28.4 Å². The second kappa shape index (κ2) is 13.2. The van der Waals surface area contributed by atoms with Gasteiger partial charge in [-0.1, -0.05) is 54.5 Å². The van der Waals surface area contributed by atoms with Crippen LogP contribution in [0.3, 0.4) is 0 Å². The normalized spacial score (nSPS) is 13.7. The molecule has 0 aliphatic rings. The molecule has 0 aliphatic carbocycles. The van der Waals surface area contributed by atoms with Crippen LogP contribution in [0, 0.1) is 5.92 Å². The highest BCUT2D eigenvalue weighted by atomic mass is 28.4. The highest BCUT2D eigenvalue weighted by Crippen LogP contribution is 2.52. The monoisotopic (exact) mass is 632 g/mol. The number of hydrogen-bond acceptors (Lipinski definition) is 7. The number of ether oxygens (including phenoxy) is 4. The van der Waals surface area contributed by atoms with E-state index in [1.165, 1.54) is 0 Å². The quantitative estimate of drug-likeness (QED) is 0.175. The Morgan fingerprint density at radius 3 is 1.16 bits per heavy atom.